The molecule has 0 spiro atoms. The van der Waals surface area contributed by atoms with Gasteiger partial charge in [-0.05, 0) is 19.9 Å². The number of anilines is 1. The van der Waals surface area contributed by atoms with Gasteiger partial charge in [0.2, 0.25) is 5.91 Å². The van der Waals surface area contributed by atoms with Crippen LogP contribution in [-0.4, -0.2) is 42.5 Å². The number of likely N-dealkylation sites (N-methyl/N-ethyl adjacent to an activating group) is 1. The molecule has 0 aliphatic heterocycles. The summed E-state index contributed by atoms with van der Waals surface area (Å²) in [5.41, 5.74) is 0. The standard InChI is InChI=1S/C13H24N4OS/c1-4-6-14-12(18)10-17(3)9-11-8-16-13(19-11)15-7-5-2/h8H,4-7,9-10H2,1-3H3,(H,14,18)(H,15,16). The van der Waals surface area contributed by atoms with E-state index in [2.05, 4.69) is 22.5 Å². The molecule has 2 N–H and O–H groups in total. The smallest absolute Gasteiger partial charge is 0.234 e. The quantitative estimate of drug-likeness (QED) is 0.727. The van der Waals surface area contributed by atoms with Gasteiger partial charge in [0.05, 0.1) is 6.54 Å². The van der Waals surface area contributed by atoms with E-state index in [0.717, 1.165) is 37.6 Å². The van der Waals surface area contributed by atoms with E-state index in [1.54, 1.807) is 11.3 Å². The molecule has 0 unspecified atom stereocenters. The second-order valence-electron chi connectivity index (χ2n) is 4.58. The minimum absolute atomic E-state index is 0.0817. The summed E-state index contributed by atoms with van der Waals surface area (Å²) in [6, 6.07) is 0. The lowest BCUT2D eigenvalue weighted by molar-refractivity contribution is -0.122. The molecule has 108 valence electrons. The van der Waals surface area contributed by atoms with Gasteiger partial charge in [-0.25, -0.2) is 4.98 Å². The van der Waals surface area contributed by atoms with Crippen LogP contribution in [-0.2, 0) is 11.3 Å². The maximum atomic E-state index is 11.6. The zero-order chi connectivity index (χ0) is 14.1. The first-order valence-corrected chi connectivity index (χ1v) is 7.61. The van der Waals surface area contributed by atoms with Gasteiger partial charge in [-0.3, -0.25) is 9.69 Å². The van der Waals surface area contributed by atoms with Gasteiger partial charge in [0, 0.05) is 30.7 Å². The van der Waals surface area contributed by atoms with E-state index >= 15 is 0 Å². The second-order valence-corrected chi connectivity index (χ2v) is 5.70. The molecular weight excluding hydrogens is 260 g/mol. The first-order valence-electron chi connectivity index (χ1n) is 6.79. The average Bonchev–Trinajstić information content (AvgIpc) is 2.81. The number of nitrogens with one attached hydrogen (secondary N) is 2. The number of hydrogen-bond donors (Lipinski definition) is 2. The highest BCUT2D eigenvalue weighted by atomic mass is 32.1. The van der Waals surface area contributed by atoms with Crippen molar-refractivity contribution in [3.05, 3.63) is 11.1 Å². The summed E-state index contributed by atoms with van der Waals surface area (Å²) >= 11 is 1.65. The van der Waals surface area contributed by atoms with Gasteiger partial charge in [0.15, 0.2) is 5.13 Å². The van der Waals surface area contributed by atoms with Gasteiger partial charge < -0.3 is 10.6 Å². The molecule has 1 aromatic heterocycles. The van der Waals surface area contributed by atoms with Crippen LogP contribution < -0.4 is 10.6 Å². The Kier molecular flexibility index (Phi) is 7.43. The van der Waals surface area contributed by atoms with Crippen molar-refractivity contribution in [1.29, 1.82) is 0 Å². The Balaban J connectivity index is 2.33. The average molecular weight is 284 g/mol. The van der Waals surface area contributed by atoms with Crippen molar-refractivity contribution in [2.24, 2.45) is 0 Å². The molecular formula is C13H24N4OS. The minimum atomic E-state index is 0.0817. The Hall–Kier alpha value is -1.14. The van der Waals surface area contributed by atoms with Crippen molar-refractivity contribution in [3.63, 3.8) is 0 Å². The molecule has 0 radical (unpaired) electrons. The minimum Gasteiger partial charge on any atom is -0.362 e. The number of hydrogen-bond acceptors (Lipinski definition) is 5. The zero-order valence-electron chi connectivity index (χ0n) is 12.0. The molecule has 5 nitrogen and oxygen atoms in total. The van der Waals surface area contributed by atoms with Crippen LogP contribution in [0.25, 0.3) is 0 Å². The lowest BCUT2D eigenvalue weighted by atomic mass is 10.4. The molecule has 19 heavy (non-hydrogen) atoms. The summed E-state index contributed by atoms with van der Waals surface area (Å²) in [7, 11) is 1.95. The summed E-state index contributed by atoms with van der Waals surface area (Å²) < 4.78 is 0. The molecule has 0 bridgehead atoms. The molecule has 0 saturated carbocycles. The Morgan fingerprint density at radius 2 is 2.11 bits per heavy atom. The third-order valence-corrected chi connectivity index (χ3v) is 3.43. The van der Waals surface area contributed by atoms with Crippen LogP contribution >= 0.6 is 11.3 Å². The van der Waals surface area contributed by atoms with E-state index in [9.17, 15) is 4.79 Å². The molecule has 0 aromatic carbocycles. The highest BCUT2D eigenvalue weighted by Gasteiger charge is 2.08. The van der Waals surface area contributed by atoms with E-state index in [-0.39, 0.29) is 5.91 Å². The van der Waals surface area contributed by atoms with Crippen molar-refractivity contribution in [2.45, 2.75) is 33.2 Å². The summed E-state index contributed by atoms with van der Waals surface area (Å²) in [5, 5.41) is 7.10. The van der Waals surface area contributed by atoms with E-state index in [4.69, 9.17) is 0 Å². The van der Waals surface area contributed by atoms with Crippen molar-refractivity contribution in [1.82, 2.24) is 15.2 Å². The fraction of sp³-hybridized carbons (Fsp3) is 0.692. The van der Waals surface area contributed by atoms with Crippen molar-refractivity contribution in [2.75, 3.05) is 32.0 Å². The normalized spacial score (nSPS) is 10.7. The molecule has 1 aromatic rings. The fourth-order valence-corrected chi connectivity index (χ4v) is 2.50. The van der Waals surface area contributed by atoms with Crippen LogP contribution in [0.1, 0.15) is 31.6 Å². The predicted octanol–water partition coefficient (Wildman–Crippen LogP) is 1.92. The molecule has 6 heteroatoms. The maximum absolute atomic E-state index is 11.6. The molecule has 1 heterocycles. The SMILES string of the molecule is CCCNC(=O)CN(C)Cc1cnc(NCCC)s1. The number of carbonyl (C=O) groups excluding carboxylic acids is 1. The zero-order valence-corrected chi connectivity index (χ0v) is 12.8. The van der Waals surface area contributed by atoms with Gasteiger partial charge in [-0.2, -0.15) is 0 Å². The number of rotatable bonds is 9. The molecule has 0 aliphatic carbocycles. The van der Waals surface area contributed by atoms with Crippen molar-refractivity contribution >= 4 is 22.4 Å². The molecule has 0 saturated heterocycles. The van der Waals surface area contributed by atoms with Gasteiger partial charge >= 0.3 is 0 Å². The molecule has 0 atom stereocenters. The Bertz CT molecular complexity index is 380. The number of nitrogens with zero attached hydrogens (tertiary/aromatic N) is 2. The van der Waals surface area contributed by atoms with Gasteiger partial charge in [0.25, 0.3) is 0 Å². The predicted molar refractivity (Wildman–Crippen MR) is 80.5 cm³/mol. The summed E-state index contributed by atoms with van der Waals surface area (Å²) in [6.45, 7) is 7.05. The monoisotopic (exact) mass is 284 g/mol. The lowest BCUT2D eigenvalue weighted by Gasteiger charge is -2.14. The third-order valence-electron chi connectivity index (χ3n) is 2.49. The largest absolute Gasteiger partial charge is 0.362 e. The summed E-state index contributed by atoms with van der Waals surface area (Å²) in [6.07, 6.45) is 3.94. The van der Waals surface area contributed by atoms with Crippen LogP contribution in [0.5, 0.6) is 0 Å². The summed E-state index contributed by atoms with van der Waals surface area (Å²) in [4.78, 5) is 19.1. The number of aromatic nitrogens is 1. The van der Waals surface area contributed by atoms with Crippen LogP contribution in [0.15, 0.2) is 6.20 Å². The first-order chi connectivity index (χ1) is 9.15. The van der Waals surface area contributed by atoms with Gasteiger partial charge in [-0.1, -0.05) is 13.8 Å². The van der Waals surface area contributed by atoms with Crippen LogP contribution in [0.2, 0.25) is 0 Å². The Morgan fingerprint density at radius 1 is 1.37 bits per heavy atom. The number of carbonyl (C=O) groups is 1. The molecule has 1 rings (SSSR count). The highest BCUT2D eigenvalue weighted by molar-refractivity contribution is 7.15. The topological polar surface area (TPSA) is 57.3 Å². The van der Waals surface area contributed by atoms with E-state index in [0.29, 0.717) is 6.54 Å². The van der Waals surface area contributed by atoms with E-state index < -0.39 is 0 Å². The molecule has 0 fully saturated rings. The van der Waals surface area contributed by atoms with Crippen LogP contribution in [0, 0.1) is 0 Å². The Morgan fingerprint density at radius 3 is 2.79 bits per heavy atom. The van der Waals surface area contributed by atoms with E-state index in [1.165, 1.54) is 4.88 Å². The fourth-order valence-electron chi connectivity index (χ4n) is 1.58. The van der Waals surface area contributed by atoms with E-state index in [1.807, 2.05) is 25.1 Å². The first kappa shape index (κ1) is 15.9. The molecule has 0 aliphatic rings. The third kappa shape index (κ3) is 6.54. The van der Waals surface area contributed by atoms with Gasteiger partial charge in [0.1, 0.15) is 0 Å². The lowest BCUT2D eigenvalue weighted by Crippen LogP contribution is -2.35. The van der Waals surface area contributed by atoms with Crippen LogP contribution in [0.3, 0.4) is 0 Å². The van der Waals surface area contributed by atoms with Crippen molar-refractivity contribution < 1.29 is 4.79 Å². The number of thiazole rings is 1. The second kappa shape index (κ2) is 8.87. The summed E-state index contributed by atoms with van der Waals surface area (Å²) in [5.74, 6) is 0.0817. The number of amides is 1. The Labute approximate surface area is 119 Å². The van der Waals surface area contributed by atoms with Crippen molar-refractivity contribution in [3.8, 4) is 0 Å². The molecule has 1 amide bonds. The van der Waals surface area contributed by atoms with Crippen LogP contribution in [0.4, 0.5) is 5.13 Å². The van der Waals surface area contributed by atoms with Gasteiger partial charge in [-0.15, -0.1) is 11.3 Å². The maximum Gasteiger partial charge on any atom is 0.234 e. The highest BCUT2D eigenvalue weighted by Crippen LogP contribution is 2.19.